The van der Waals surface area contributed by atoms with Crippen LogP contribution in [-0.4, -0.2) is 7.11 Å². The van der Waals surface area contributed by atoms with Gasteiger partial charge in [0.1, 0.15) is 0 Å². The van der Waals surface area contributed by atoms with E-state index < -0.39 is 0 Å². The molecule has 0 spiro atoms. The molecule has 0 unspecified atom stereocenters. The SMILES string of the molecule is COc1c(N)cc2c(c1F)CCCCC2. The lowest BCUT2D eigenvalue weighted by molar-refractivity contribution is 0.386. The van der Waals surface area contributed by atoms with Crippen molar-refractivity contribution in [2.24, 2.45) is 0 Å². The number of fused-ring (bicyclic) bond motifs is 1. The van der Waals surface area contributed by atoms with Gasteiger partial charge in [-0.25, -0.2) is 4.39 Å². The second-order valence-corrected chi connectivity index (χ2v) is 4.01. The molecule has 1 aliphatic carbocycles. The number of nitrogens with two attached hydrogens (primary N) is 1. The minimum Gasteiger partial charge on any atom is -0.492 e. The topological polar surface area (TPSA) is 35.2 Å². The summed E-state index contributed by atoms with van der Waals surface area (Å²) in [6.07, 6.45) is 5.07. The lowest BCUT2D eigenvalue weighted by Crippen LogP contribution is -2.03. The Hall–Kier alpha value is -1.25. The van der Waals surface area contributed by atoms with Gasteiger partial charge >= 0.3 is 0 Å². The molecule has 0 aromatic heterocycles. The molecule has 2 N–H and O–H groups in total. The Labute approximate surface area is 89.2 Å². The zero-order chi connectivity index (χ0) is 10.8. The predicted octanol–water partition coefficient (Wildman–Crippen LogP) is 2.69. The summed E-state index contributed by atoms with van der Waals surface area (Å²) in [7, 11) is 1.46. The number of nitrogen functional groups attached to an aromatic ring is 1. The fourth-order valence-corrected chi connectivity index (χ4v) is 2.24. The van der Waals surface area contributed by atoms with Crippen LogP contribution in [0.5, 0.6) is 5.75 Å². The van der Waals surface area contributed by atoms with E-state index in [9.17, 15) is 4.39 Å². The van der Waals surface area contributed by atoms with E-state index in [2.05, 4.69) is 0 Å². The zero-order valence-corrected chi connectivity index (χ0v) is 8.98. The molecule has 2 nitrogen and oxygen atoms in total. The number of anilines is 1. The average molecular weight is 209 g/mol. The van der Waals surface area contributed by atoms with E-state index in [1.54, 1.807) is 0 Å². The summed E-state index contributed by atoms with van der Waals surface area (Å²) in [4.78, 5) is 0. The maximum Gasteiger partial charge on any atom is 0.177 e. The molecule has 0 saturated heterocycles. The molecular formula is C12H16FNO. The molecule has 82 valence electrons. The van der Waals surface area contributed by atoms with Crippen LogP contribution in [0.3, 0.4) is 0 Å². The van der Waals surface area contributed by atoms with E-state index in [4.69, 9.17) is 10.5 Å². The van der Waals surface area contributed by atoms with Gasteiger partial charge in [-0.1, -0.05) is 6.42 Å². The van der Waals surface area contributed by atoms with Crippen molar-refractivity contribution in [2.45, 2.75) is 32.1 Å². The van der Waals surface area contributed by atoms with Crippen molar-refractivity contribution in [2.75, 3.05) is 12.8 Å². The Morgan fingerprint density at radius 1 is 1.27 bits per heavy atom. The summed E-state index contributed by atoms with van der Waals surface area (Å²) in [6.45, 7) is 0. The van der Waals surface area contributed by atoms with Crippen molar-refractivity contribution in [1.29, 1.82) is 0 Å². The number of hydrogen-bond donors (Lipinski definition) is 1. The van der Waals surface area contributed by atoms with Crippen LogP contribution >= 0.6 is 0 Å². The first kappa shape index (κ1) is 10.3. The smallest absolute Gasteiger partial charge is 0.177 e. The number of benzene rings is 1. The fourth-order valence-electron chi connectivity index (χ4n) is 2.24. The molecule has 0 amide bonds. The maximum absolute atomic E-state index is 14.0. The quantitative estimate of drug-likeness (QED) is 0.570. The minimum absolute atomic E-state index is 0.204. The fraction of sp³-hybridized carbons (Fsp3) is 0.500. The summed E-state index contributed by atoms with van der Waals surface area (Å²) >= 11 is 0. The lowest BCUT2D eigenvalue weighted by atomic mass is 10.0. The Kier molecular flexibility index (Phi) is 2.80. The molecule has 0 fully saturated rings. The molecule has 0 bridgehead atoms. The van der Waals surface area contributed by atoms with Gasteiger partial charge in [0.2, 0.25) is 0 Å². The highest BCUT2D eigenvalue weighted by atomic mass is 19.1. The highest BCUT2D eigenvalue weighted by Crippen LogP contribution is 2.33. The summed E-state index contributed by atoms with van der Waals surface area (Å²) in [5, 5.41) is 0. The molecule has 1 aromatic rings. The first-order chi connectivity index (χ1) is 7.24. The van der Waals surface area contributed by atoms with E-state index in [0.717, 1.165) is 43.2 Å². The van der Waals surface area contributed by atoms with E-state index in [-0.39, 0.29) is 11.6 Å². The molecule has 1 aromatic carbocycles. The summed E-state index contributed by atoms with van der Waals surface area (Å²) in [5.41, 5.74) is 8.02. The Bertz CT molecular complexity index is 376. The van der Waals surface area contributed by atoms with Crippen LogP contribution in [0, 0.1) is 5.82 Å². The van der Waals surface area contributed by atoms with Crippen LogP contribution in [0.25, 0.3) is 0 Å². The van der Waals surface area contributed by atoms with Crippen LogP contribution in [0.2, 0.25) is 0 Å². The molecule has 15 heavy (non-hydrogen) atoms. The van der Waals surface area contributed by atoms with Crippen molar-refractivity contribution in [3.8, 4) is 5.75 Å². The molecule has 0 heterocycles. The Morgan fingerprint density at radius 2 is 2.00 bits per heavy atom. The molecule has 1 aliphatic rings. The summed E-state index contributed by atoms with van der Waals surface area (Å²) in [6, 6.07) is 1.86. The van der Waals surface area contributed by atoms with Crippen LogP contribution < -0.4 is 10.5 Å². The van der Waals surface area contributed by atoms with Gasteiger partial charge in [0.05, 0.1) is 12.8 Å². The number of hydrogen-bond acceptors (Lipinski definition) is 2. The van der Waals surface area contributed by atoms with E-state index in [1.807, 2.05) is 6.07 Å². The Balaban J connectivity index is 2.53. The van der Waals surface area contributed by atoms with Gasteiger partial charge in [-0.2, -0.15) is 0 Å². The first-order valence-corrected chi connectivity index (χ1v) is 5.37. The van der Waals surface area contributed by atoms with Crippen molar-refractivity contribution in [1.82, 2.24) is 0 Å². The molecular weight excluding hydrogens is 193 g/mol. The van der Waals surface area contributed by atoms with Crippen LogP contribution in [0.4, 0.5) is 10.1 Å². The standard InChI is InChI=1S/C12H16FNO/c1-15-12-10(14)7-8-5-3-2-4-6-9(8)11(12)13/h7H,2-6,14H2,1H3. The van der Waals surface area contributed by atoms with Crippen molar-refractivity contribution >= 4 is 5.69 Å². The third kappa shape index (κ3) is 1.78. The largest absolute Gasteiger partial charge is 0.492 e. The number of ether oxygens (including phenoxy) is 1. The number of halogens is 1. The number of aryl methyl sites for hydroxylation is 1. The zero-order valence-electron chi connectivity index (χ0n) is 8.98. The summed E-state index contributed by atoms with van der Waals surface area (Å²) in [5.74, 6) is -0.0509. The van der Waals surface area contributed by atoms with E-state index in [0.29, 0.717) is 5.69 Å². The highest BCUT2D eigenvalue weighted by Gasteiger charge is 2.18. The van der Waals surface area contributed by atoms with Crippen molar-refractivity contribution in [3.05, 3.63) is 23.0 Å². The van der Waals surface area contributed by atoms with E-state index >= 15 is 0 Å². The van der Waals surface area contributed by atoms with E-state index in [1.165, 1.54) is 7.11 Å². The molecule has 0 atom stereocenters. The second-order valence-electron chi connectivity index (χ2n) is 4.01. The number of methoxy groups -OCH3 is 1. The van der Waals surface area contributed by atoms with Gasteiger partial charge in [0, 0.05) is 0 Å². The maximum atomic E-state index is 14.0. The van der Waals surface area contributed by atoms with Gasteiger partial charge in [0.25, 0.3) is 0 Å². The van der Waals surface area contributed by atoms with Crippen LogP contribution in [-0.2, 0) is 12.8 Å². The van der Waals surface area contributed by atoms with Gasteiger partial charge in [-0.3, -0.25) is 0 Å². The molecule has 0 radical (unpaired) electrons. The van der Waals surface area contributed by atoms with Gasteiger partial charge in [-0.15, -0.1) is 0 Å². The highest BCUT2D eigenvalue weighted by molar-refractivity contribution is 5.58. The van der Waals surface area contributed by atoms with Crippen molar-refractivity contribution < 1.29 is 9.13 Å². The normalized spacial score (nSPS) is 15.6. The van der Waals surface area contributed by atoms with Crippen LogP contribution in [0.1, 0.15) is 30.4 Å². The molecule has 0 saturated carbocycles. The van der Waals surface area contributed by atoms with Gasteiger partial charge < -0.3 is 10.5 Å². The van der Waals surface area contributed by atoms with Gasteiger partial charge in [-0.05, 0) is 42.9 Å². The second kappa shape index (κ2) is 4.09. The summed E-state index contributed by atoms with van der Waals surface area (Å²) < 4.78 is 19.0. The predicted molar refractivity (Wildman–Crippen MR) is 58.6 cm³/mol. The number of rotatable bonds is 1. The third-order valence-corrected chi connectivity index (χ3v) is 3.02. The molecule has 0 aliphatic heterocycles. The van der Waals surface area contributed by atoms with Crippen LogP contribution in [0.15, 0.2) is 6.07 Å². The minimum atomic E-state index is -0.255. The molecule has 2 rings (SSSR count). The first-order valence-electron chi connectivity index (χ1n) is 5.37. The monoisotopic (exact) mass is 209 g/mol. The average Bonchev–Trinajstić information content (AvgIpc) is 2.43. The van der Waals surface area contributed by atoms with Crippen molar-refractivity contribution in [3.63, 3.8) is 0 Å². The Morgan fingerprint density at radius 3 is 2.73 bits per heavy atom. The third-order valence-electron chi connectivity index (χ3n) is 3.02. The lowest BCUT2D eigenvalue weighted by Gasteiger charge is -2.13. The van der Waals surface area contributed by atoms with Gasteiger partial charge in [0.15, 0.2) is 11.6 Å². The molecule has 3 heteroatoms.